The highest BCUT2D eigenvalue weighted by atomic mass is 16.7. The van der Waals surface area contributed by atoms with E-state index in [1.165, 1.54) is 19.3 Å². The number of nitrogens with zero attached hydrogens (tertiary/aromatic N) is 1. The van der Waals surface area contributed by atoms with Crippen LogP contribution in [0.5, 0.6) is 11.5 Å². The normalized spacial score (nSPS) is 17.9. The van der Waals surface area contributed by atoms with E-state index in [1.807, 2.05) is 30.3 Å². The topological polar surface area (TPSA) is 38.8 Å². The summed E-state index contributed by atoms with van der Waals surface area (Å²) in [5.74, 6) is 1.83. The number of hydrogen-bond acceptors (Lipinski definition) is 3. The van der Waals surface area contributed by atoms with Crippen LogP contribution < -0.4 is 9.47 Å². The predicted molar refractivity (Wildman–Crippen MR) is 105 cm³/mol. The second kappa shape index (κ2) is 8.47. The van der Waals surface area contributed by atoms with Crippen LogP contribution in [0.2, 0.25) is 0 Å². The third kappa shape index (κ3) is 4.26. The number of amides is 1. The summed E-state index contributed by atoms with van der Waals surface area (Å²) >= 11 is 0. The van der Waals surface area contributed by atoms with Crippen LogP contribution in [0.4, 0.5) is 0 Å². The van der Waals surface area contributed by atoms with Gasteiger partial charge in [-0.2, -0.15) is 0 Å². The van der Waals surface area contributed by atoms with E-state index in [1.54, 1.807) is 0 Å². The van der Waals surface area contributed by atoms with Crippen LogP contribution in [0.3, 0.4) is 0 Å². The molecule has 2 aliphatic heterocycles. The molecule has 0 aliphatic carbocycles. The van der Waals surface area contributed by atoms with Gasteiger partial charge in [-0.3, -0.25) is 4.79 Å². The van der Waals surface area contributed by atoms with Gasteiger partial charge in [0.1, 0.15) is 0 Å². The van der Waals surface area contributed by atoms with Gasteiger partial charge in [0.15, 0.2) is 11.5 Å². The van der Waals surface area contributed by atoms with Gasteiger partial charge in [-0.1, -0.05) is 55.7 Å². The fraction of sp³-hybridized carbons (Fsp3) is 0.435. The highest BCUT2D eigenvalue weighted by Crippen LogP contribution is 2.37. The number of benzene rings is 2. The van der Waals surface area contributed by atoms with E-state index in [0.29, 0.717) is 6.42 Å². The van der Waals surface area contributed by atoms with Gasteiger partial charge in [0.05, 0.1) is 0 Å². The van der Waals surface area contributed by atoms with Crippen molar-refractivity contribution in [2.75, 3.05) is 19.9 Å². The Balaban J connectivity index is 1.57. The Kier molecular flexibility index (Phi) is 5.61. The number of carbonyl (C=O) groups excluding carboxylic acids is 1. The smallest absolute Gasteiger partial charge is 0.231 e. The Morgan fingerprint density at radius 2 is 1.56 bits per heavy atom. The van der Waals surface area contributed by atoms with Crippen molar-refractivity contribution in [1.29, 1.82) is 0 Å². The van der Waals surface area contributed by atoms with Crippen molar-refractivity contribution < 1.29 is 14.3 Å². The van der Waals surface area contributed by atoms with E-state index in [4.69, 9.17) is 9.47 Å². The van der Waals surface area contributed by atoms with Crippen molar-refractivity contribution in [2.45, 2.75) is 44.4 Å². The zero-order valence-corrected chi connectivity index (χ0v) is 15.7. The van der Waals surface area contributed by atoms with Crippen LogP contribution in [0.25, 0.3) is 0 Å². The summed E-state index contributed by atoms with van der Waals surface area (Å²) in [4.78, 5) is 15.2. The first kappa shape index (κ1) is 17.9. The first-order chi connectivity index (χ1) is 13.3. The molecule has 1 amide bonds. The molecule has 0 spiro atoms. The molecule has 27 heavy (non-hydrogen) atoms. The maximum atomic E-state index is 13.1. The van der Waals surface area contributed by atoms with Gasteiger partial charge in [-0.25, -0.2) is 0 Å². The Hall–Kier alpha value is -2.49. The average molecular weight is 365 g/mol. The number of hydrogen-bond donors (Lipinski definition) is 0. The molecule has 1 fully saturated rings. The quantitative estimate of drug-likeness (QED) is 0.786. The number of fused-ring (bicyclic) bond motifs is 1. The van der Waals surface area contributed by atoms with Crippen molar-refractivity contribution in [2.24, 2.45) is 0 Å². The molecule has 0 saturated carbocycles. The summed E-state index contributed by atoms with van der Waals surface area (Å²) in [6.45, 7) is 2.05. The van der Waals surface area contributed by atoms with Crippen LogP contribution in [0.15, 0.2) is 48.5 Å². The summed E-state index contributed by atoms with van der Waals surface area (Å²) < 4.78 is 11.0. The van der Waals surface area contributed by atoms with Crippen molar-refractivity contribution >= 4 is 5.91 Å². The van der Waals surface area contributed by atoms with Gasteiger partial charge in [0, 0.05) is 25.4 Å². The summed E-state index contributed by atoms with van der Waals surface area (Å²) in [5, 5.41) is 0. The zero-order chi connectivity index (χ0) is 18.5. The van der Waals surface area contributed by atoms with Gasteiger partial charge < -0.3 is 14.4 Å². The maximum absolute atomic E-state index is 13.1. The predicted octanol–water partition coefficient (Wildman–Crippen LogP) is 4.73. The number of carbonyl (C=O) groups is 1. The second-order valence-corrected chi connectivity index (χ2v) is 7.43. The fourth-order valence-electron chi connectivity index (χ4n) is 4.04. The summed E-state index contributed by atoms with van der Waals surface area (Å²) in [6.07, 6.45) is 6.48. The first-order valence-corrected chi connectivity index (χ1v) is 10.0. The molecule has 1 saturated heterocycles. The van der Waals surface area contributed by atoms with Crippen molar-refractivity contribution in [3.8, 4) is 11.5 Å². The number of rotatable bonds is 4. The van der Waals surface area contributed by atoms with E-state index in [9.17, 15) is 4.79 Å². The van der Waals surface area contributed by atoms with Crippen LogP contribution >= 0.6 is 0 Å². The molecule has 0 N–H and O–H groups in total. The minimum Gasteiger partial charge on any atom is -0.454 e. The minimum atomic E-state index is 0.0265. The molecule has 2 aromatic carbocycles. The summed E-state index contributed by atoms with van der Waals surface area (Å²) in [7, 11) is 0. The lowest BCUT2D eigenvalue weighted by Gasteiger charge is -2.27. The molecule has 2 heterocycles. The molecular weight excluding hydrogens is 338 g/mol. The summed E-state index contributed by atoms with van der Waals surface area (Å²) in [6, 6.07) is 16.3. The third-order valence-electron chi connectivity index (χ3n) is 5.59. The van der Waals surface area contributed by atoms with Crippen LogP contribution in [0, 0.1) is 0 Å². The fourth-order valence-corrected chi connectivity index (χ4v) is 4.04. The maximum Gasteiger partial charge on any atom is 0.231 e. The molecule has 4 nitrogen and oxygen atoms in total. The van der Waals surface area contributed by atoms with Crippen LogP contribution in [-0.2, 0) is 4.79 Å². The molecule has 0 bridgehead atoms. The van der Waals surface area contributed by atoms with E-state index in [2.05, 4.69) is 23.1 Å². The molecule has 4 rings (SSSR count). The number of likely N-dealkylation sites (tertiary alicyclic amines) is 1. The highest BCUT2D eigenvalue weighted by Gasteiger charge is 2.24. The molecule has 0 unspecified atom stereocenters. The third-order valence-corrected chi connectivity index (χ3v) is 5.59. The lowest BCUT2D eigenvalue weighted by atomic mass is 9.87. The molecule has 4 heteroatoms. The molecular formula is C23H27NO3. The van der Waals surface area contributed by atoms with E-state index in [0.717, 1.165) is 48.6 Å². The summed E-state index contributed by atoms with van der Waals surface area (Å²) in [5.41, 5.74) is 2.27. The van der Waals surface area contributed by atoms with Crippen molar-refractivity contribution in [1.82, 2.24) is 4.90 Å². The molecule has 1 atom stereocenters. The largest absolute Gasteiger partial charge is 0.454 e. The van der Waals surface area contributed by atoms with Crippen molar-refractivity contribution in [3.63, 3.8) is 0 Å². The van der Waals surface area contributed by atoms with Gasteiger partial charge in [0.25, 0.3) is 0 Å². The van der Waals surface area contributed by atoms with Gasteiger partial charge >= 0.3 is 0 Å². The van der Waals surface area contributed by atoms with Crippen LogP contribution in [-0.4, -0.2) is 30.7 Å². The standard InChI is InChI=1S/C23H27NO3/c25-23(24-13-7-2-1-3-8-14-24)16-20(18-9-5-4-6-10-18)19-11-12-21-22(15-19)27-17-26-21/h4-6,9-12,15,20H,1-3,7-8,13-14,16-17H2/t20-/m1/s1. The van der Waals surface area contributed by atoms with Gasteiger partial charge in [-0.05, 0) is 36.1 Å². The minimum absolute atomic E-state index is 0.0265. The second-order valence-electron chi connectivity index (χ2n) is 7.43. The number of ether oxygens (including phenoxy) is 2. The zero-order valence-electron chi connectivity index (χ0n) is 15.7. The van der Waals surface area contributed by atoms with Crippen LogP contribution in [0.1, 0.15) is 55.6 Å². The Labute approximate surface area is 161 Å². The first-order valence-electron chi connectivity index (χ1n) is 10.0. The average Bonchev–Trinajstić information content (AvgIpc) is 3.14. The van der Waals surface area contributed by atoms with Gasteiger partial charge in [-0.15, -0.1) is 0 Å². The lowest BCUT2D eigenvalue weighted by Crippen LogP contribution is -2.34. The van der Waals surface area contributed by atoms with Gasteiger partial charge in [0.2, 0.25) is 12.7 Å². The molecule has 142 valence electrons. The Bertz CT molecular complexity index is 766. The Morgan fingerprint density at radius 3 is 2.33 bits per heavy atom. The SMILES string of the molecule is O=C(C[C@H](c1ccccc1)c1ccc2c(c1)OCO2)N1CCCCCCC1. The monoisotopic (exact) mass is 365 g/mol. The molecule has 2 aromatic rings. The molecule has 0 radical (unpaired) electrons. The Morgan fingerprint density at radius 1 is 0.852 bits per heavy atom. The van der Waals surface area contributed by atoms with E-state index < -0.39 is 0 Å². The molecule has 0 aromatic heterocycles. The van der Waals surface area contributed by atoms with E-state index in [-0.39, 0.29) is 18.6 Å². The molecule has 2 aliphatic rings. The van der Waals surface area contributed by atoms with E-state index >= 15 is 0 Å². The highest BCUT2D eigenvalue weighted by molar-refractivity contribution is 5.78. The lowest BCUT2D eigenvalue weighted by molar-refractivity contribution is -0.131. The van der Waals surface area contributed by atoms with Crippen molar-refractivity contribution in [3.05, 3.63) is 59.7 Å².